The van der Waals surface area contributed by atoms with Crippen LogP contribution in [0.2, 0.25) is 0 Å². The number of unbranched alkanes of at least 4 members (excludes halogenated alkanes) is 1. The Morgan fingerprint density at radius 1 is 1.50 bits per heavy atom. The molecule has 68 valence electrons. The quantitative estimate of drug-likeness (QED) is 0.603. The van der Waals surface area contributed by atoms with E-state index >= 15 is 0 Å². The fourth-order valence-corrected chi connectivity index (χ4v) is 1.21. The highest BCUT2D eigenvalue weighted by Crippen LogP contribution is 2.13. The largest absolute Gasteiger partial charge is 0.353 e. The number of rotatable bonds is 4. The minimum absolute atomic E-state index is 0.00237. The number of nitrogens with zero attached hydrogens (tertiary/aromatic N) is 1. The molecule has 0 N–H and O–H groups in total. The molecule has 0 amide bonds. The summed E-state index contributed by atoms with van der Waals surface area (Å²) in [6.45, 7) is 1.47. The summed E-state index contributed by atoms with van der Waals surface area (Å²) in [6, 6.07) is 2.08. The van der Waals surface area contributed by atoms with Crippen LogP contribution in [0.25, 0.3) is 0 Å². The van der Waals surface area contributed by atoms with E-state index < -0.39 is 0 Å². The molecule has 1 atom stereocenters. The van der Waals surface area contributed by atoms with E-state index in [2.05, 4.69) is 6.07 Å². The molecule has 0 spiro atoms. The fraction of sp³-hybridized carbons (Fsp3) is 0.889. The Bertz CT molecular complexity index is 147. The third-order valence-corrected chi connectivity index (χ3v) is 1.87. The molecule has 0 aromatic rings. The zero-order chi connectivity index (χ0) is 8.65. The van der Waals surface area contributed by atoms with Crippen molar-refractivity contribution < 1.29 is 9.47 Å². The summed E-state index contributed by atoms with van der Waals surface area (Å²) in [7, 11) is 0. The lowest BCUT2D eigenvalue weighted by molar-refractivity contribution is -0.162. The summed E-state index contributed by atoms with van der Waals surface area (Å²) in [5.41, 5.74) is 0. The van der Waals surface area contributed by atoms with E-state index in [1.54, 1.807) is 0 Å². The molecule has 0 saturated carbocycles. The van der Waals surface area contributed by atoms with Crippen molar-refractivity contribution in [3.63, 3.8) is 0 Å². The zero-order valence-corrected chi connectivity index (χ0v) is 7.29. The molecular weight excluding hydrogens is 154 g/mol. The van der Waals surface area contributed by atoms with Gasteiger partial charge < -0.3 is 9.47 Å². The first-order valence-electron chi connectivity index (χ1n) is 4.53. The van der Waals surface area contributed by atoms with Gasteiger partial charge in [-0.2, -0.15) is 5.26 Å². The van der Waals surface area contributed by atoms with Crippen molar-refractivity contribution in [2.75, 3.05) is 13.2 Å². The van der Waals surface area contributed by atoms with Gasteiger partial charge in [0, 0.05) is 13.0 Å². The average Bonchev–Trinajstić information content (AvgIpc) is 2.14. The molecule has 12 heavy (non-hydrogen) atoms. The van der Waals surface area contributed by atoms with Crippen molar-refractivity contribution in [1.29, 1.82) is 5.26 Å². The van der Waals surface area contributed by atoms with Crippen LogP contribution in [0, 0.1) is 11.3 Å². The summed E-state index contributed by atoms with van der Waals surface area (Å²) in [4.78, 5) is 0. The van der Waals surface area contributed by atoms with Gasteiger partial charge in [0.15, 0.2) is 6.29 Å². The van der Waals surface area contributed by atoms with Gasteiger partial charge in [0.05, 0.1) is 12.7 Å². The molecule has 0 bridgehead atoms. The molecule has 3 nitrogen and oxygen atoms in total. The van der Waals surface area contributed by atoms with Gasteiger partial charge in [0.1, 0.15) is 0 Å². The topological polar surface area (TPSA) is 42.2 Å². The predicted molar refractivity (Wildman–Crippen MR) is 44.4 cm³/mol. The number of hydrogen-bond acceptors (Lipinski definition) is 3. The van der Waals surface area contributed by atoms with Gasteiger partial charge in [-0.15, -0.1) is 0 Å². The molecule has 3 heteroatoms. The van der Waals surface area contributed by atoms with E-state index in [0.29, 0.717) is 13.0 Å². The van der Waals surface area contributed by atoms with Crippen molar-refractivity contribution in [2.45, 2.75) is 38.4 Å². The molecule has 0 aromatic carbocycles. The summed E-state index contributed by atoms with van der Waals surface area (Å²) in [5, 5.41) is 8.27. The summed E-state index contributed by atoms with van der Waals surface area (Å²) in [5.74, 6) is 0. The molecule has 1 aliphatic heterocycles. The van der Waals surface area contributed by atoms with Crippen molar-refractivity contribution in [3.8, 4) is 6.07 Å². The monoisotopic (exact) mass is 169 g/mol. The van der Waals surface area contributed by atoms with Crippen LogP contribution in [-0.4, -0.2) is 19.5 Å². The Kier molecular flexibility index (Phi) is 4.74. The van der Waals surface area contributed by atoms with E-state index in [0.717, 1.165) is 25.9 Å². The van der Waals surface area contributed by atoms with Gasteiger partial charge in [-0.3, -0.25) is 0 Å². The first-order chi connectivity index (χ1) is 5.93. The van der Waals surface area contributed by atoms with Crippen LogP contribution in [-0.2, 0) is 9.47 Å². The van der Waals surface area contributed by atoms with Crippen LogP contribution in [0.5, 0.6) is 0 Å². The van der Waals surface area contributed by atoms with E-state index in [-0.39, 0.29) is 6.29 Å². The van der Waals surface area contributed by atoms with E-state index in [1.807, 2.05) is 0 Å². The molecule has 1 saturated heterocycles. The minimum Gasteiger partial charge on any atom is -0.353 e. The highest BCUT2D eigenvalue weighted by atomic mass is 16.7. The molecular formula is C9H15NO2. The lowest BCUT2D eigenvalue weighted by Crippen LogP contribution is -2.22. The Morgan fingerprint density at radius 3 is 3.08 bits per heavy atom. The van der Waals surface area contributed by atoms with Crippen LogP contribution in [0.3, 0.4) is 0 Å². The maximum absolute atomic E-state index is 8.27. The maximum atomic E-state index is 8.27. The van der Waals surface area contributed by atoms with E-state index in [9.17, 15) is 0 Å². The Labute approximate surface area is 73.3 Å². The van der Waals surface area contributed by atoms with Crippen LogP contribution < -0.4 is 0 Å². The van der Waals surface area contributed by atoms with Gasteiger partial charge in [-0.05, 0) is 25.7 Å². The highest BCUT2D eigenvalue weighted by Gasteiger charge is 2.12. The molecule has 1 fully saturated rings. The van der Waals surface area contributed by atoms with E-state index in [4.69, 9.17) is 14.7 Å². The molecule has 0 aliphatic carbocycles. The van der Waals surface area contributed by atoms with Gasteiger partial charge in [0.25, 0.3) is 0 Å². The van der Waals surface area contributed by atoms with Crippen LogP contribution in [0.1, 0.15) is 32.1 Å². The third-order valence-electron chi connectivity index (χ3n) is 1.87. The number of ether oxygens (including phenoxy) is 2. The second-order valence-electron chi connectivity index (χ2n) is 2.93. The van der Waals surface area contributed by atoms with Gasteiger partial charge in [-0.25, -0.2) is 0 Å². The maximum Gasteiger partial charge on any atom is 0.157 e. The van der Waals surface area contributed by atoms with Gasteiger partial charge in [-0.1, -0.05) is 0 Å². The number of nitriles is 1. The summed E-state index contributed by atoms with van der Waals surface area (Å²) in [6.07, 6.45) is 4.74. The lowest BCUT2D eigenvalue weighted by atomic mass is 10.2. The number of hydrogen-bond donors (Lipinski definition) is 0. The van der Waals surface area contributed by atoms with Crippen LogP contribution in [0.15, 0.2) is 0 Å². The van der Waals surface area contributed by atoms with Crippen molar-refractivity contribution in [1.82, 2.24) is 0 Å². The molecule has 0 aromatic heterocycles. The Balaban J connectivity index is 1.95. The Hall–Kier alpha value is -0.590. The lowest BCUT2D eigenvalue weighted by Gasteiger charge is -2.22. The van der Waals surface area contributed by atoms with Crippen LogP contribution in [0.4, 0.5) is 0 Å². The minimum atomic E-state index is -0.00237. The molecule has 1 aliphatic rings. The second kappa shape index (κ2) is 5.99. The molecule has 1 rings (SSSR count). The fourth-order valence-electron chi connectivity index (χ4n) is 1.21. The first-order valence-corrected chi connectivity index (χ1v) is 4.53. The molecule has 1 heterocycles. The zero-order valence-electron chi connectivity index (χ0n) is 7.29. The van der Waals surface area contributed by atoms with Gasteiger partial charge >= 0.3 is 0 Å². The summed E-state index contributed by atoms with van der Waals surface area (Å²) >= 11 is 0. The normalized spacial score (nSPS) is 23.4. The third kappa shape index (κ3) is 3.70. The smallest absolute Gasteiger partial charge is 0.157 e. The summed E-state index contributed by atoms with van der Waals surface area (Å²) < 4.78 is 10.8. The van der Waals surface area contributed by atoms with E-state index in [1.165, 1.54) is 6.42 Å². The standard InChI is InChI=1S/C9H15NO2/c10-6-2-4-8-12-9-5-1-3-7-11-9/h9H,1-5,7-8H2. The Morgan fingerprint density at radius 2 is 2.42 bits per heavy atom. The molecule has 1 unspecified atom stereocenters. The highest BCUT2D eigenvalue weighted by molar-refractivity contribution is 4.67. The van der Waals surface area contributed by atoms with Crippen LogP contribution >= 0.6 is 0 Å². The second-order valence-corrected chi connectivity index (χ2v) is 2.93. The first kappa shape index (κ1) is 9.50. The van der Waals surface area contributed by atoms with Gasteiger partial charge in [0.2, 0.25) is 0 Å². The van der Waals surface area contributed by atoms with Crippen molar-refractivity contribution in [3.05, 3.63) is 0 Å². The van der Waals surface area contributed by atoms with Crippen molar-refractivity contribution >= 4 is 0 Å². The molecule has 0 radical (unpaired) electrons. The SMILES string of the molecule is N#CCCCOC1CCCCO1. The predicted octanol–water partition coefficient (Wildman–Crippen LogP) is 1.83. The van der Waals surface area contributed by atoms with Crippen molar-refractivity contribution in [2.24, 2.45) is 0 Å². The average molecular weight is 169 g/mol.